The van der Waals surface area contributed by atoms with Crippen molar-refractivity contribution in [2.75, 3.05) is 0 Å². The van der Waals surface area contributed by atoms with Crippen molar-refractivity contribution in [3.8, 4) is 0 Å². The first-order chi connectivity index (χ1) is 3.77. The van der Waals surface area contributed by atoms with Crippen LogP contribution in [0.1, 0.15) is 0 Å². The number of nitrogens with zero attached hydrogens (tertiary/aromatic N) is 1. The largest absolute Gasteiger partial charge is 0.463 e. The lowest BCUT2D eigenvalue weighted by Gasteiger charge is -1.65. The monoisotopic (exact) mass is 137 g/mol. The first-order valence-electron chi connectivity index (χ1n) is 1.82. The van der Waals surface area contributed by atoms with Gasteiger partial charge in [0.2, 0.25) is 0 Å². The van der Waals surface area contributed by atoms with Crippen LogP contribution in [-0.4, -0.2) is 18.1 Å². The van der Waals surface area contributed by atoms with E-state index < -0.39 is 6.09 Å². The molecule has 38 valence electrons. The lowest BCUT2D eigenvalue weighted by Crippen LogP contribution is -1.79. The number of hydrogen-bond donors (Lipinski definition) is 1. The topological polar surface area (TPSA) is 49.7 Å². The SMILES string of the molecule is [3H]PP=C=NC(=O)O. The van der Waals surface area contributed by atoms with Gasteiger partial charge in [-0.05, 0) is 7.89 Å². The van der Waals surface area contributed by atoms with E-state index in [0.29, 0.717) is 7.89 Å². The molecule has 1 unspecified atom stereocenters. The molecule has 5 heteroatoms. The van der Waals surface area contributed by atoms with Crippen molar-refractivity contribution in [1.29, 1.82) is 1.28 Å². The fraction of sp³-hybridized carbons (Fsp3) is 0. The van der Waals surface area contributed by atoms with E-state index in [-0.39, 0.29) is 8.87 Å². The molecular weight excluding hydrogens is 132 g/mol. The van der Waals surface area contributed by atoms with E-state index in [2.05, 4.69) is 10.6 Å². The maximum absolute atomic E-state index is 9.58. The van der Waals surface area contributed by atoms with Gasteiger partial charge in [-0.25, -0.2) is 4.79 Å². The predicted molar refractivity (Wildman–Crippen MR) is 32.1 cm³/mol. The molecule has 0 heterocycles. The fourth-order valence-corrected chi connectivity index (χ4v) is 0.353. The maximum Gasteiger partial charge on any atom is 0.439 e. The highest BCUT2D eigenvalue weighted by molar-refractivity contribution is 8.01. The van der Waals surface area contributed by atoms with E-state index in [1.807, 2.05) is 0 Å². The Hall–Kier alpha value is -0.220. The van der Waals surface area contributed by atoms with Crippen molar-refractivity contribution in [3.05, 3.63) is 0 Å². The summed E-state index contributed by atoms with van der Waals surface area (Å²) in [5.41, 5.74) is 2.16. The van der Waals surface area contributed by atoms with Gasteiger partial charge in [0.25, 0.3) is 0 Å². The Kier molecular flexibility index (Phi) is 2.78. The number of hydrogen-bond acceptors (Lipinski definition) is 1. The summed E-state index contributed by atoms with van der Waals surface area (Å²) in [5, 5.41) is 7.85. The van der Waals surface area contributed by atoms with Crippen molar-refractivity contribution < 1.29 is 9.90 Å². The molecule has 0 aromatic rings. The average Bonchev–Trinajstić information content (AvgIpc) is 1.66. The van der Waals surface area contributed by atoms with E-state index in [1.165, 1.54) is 0 Å². The van der Waals surface area contributed by atoms with Crippen LogP contribution in [0.5, 0.6) is 0 Å². The molecule has 0 saturated heterocycles. The smallest absolute Gasteiger partial charge is 0.439 e. The molecule has 3 nitrogen and oxygen atoms in total. The zero-order valence-electron chi connectivity index (χ0n) is 4.25. The first-order valence-corrected chi connectivity index (χ1v) is 3.56. The van der Waals surface area contributed by atoms with Crippen LogP contribution in [0.25, 0.3) is 0 Å². The van der Waals surface area contributed by atoms with Crippen LogP contribution in [0.3, 0.4) is 0 Å². The second-order valence-corrected chi connectivity index (χ2v) is 1.70. The molecule has 0 rings (SSSR count). The number of carbonyl (C=O) groups is 1. The highest BCUT2D eigenvalue weighted by atomic mass is 32.0. The first kappa shape index (κ1) is 4.93. The van der Waals surface area contributed by atoms with E-state index in [0.717, 1.165) is 0 Å². The van der Waals surface area contributed by atoms with Gasteiger partial charge in [0.05, 0.1) is 1.28 Å². The molecule has 0 aromatic carbocycles. The standard InChI is InChI=1S/C2H3NO2P2/c4-2(5)3-1-7-6/h6H2,(H,4,5)/i6T. The van der Waals surface area contributed by atoms with Gasteiger partial charge in [-0.15, -0.1) is 4.99 Å². The van der Waals surface area contributed by atoms with Crippen molar-refractivity contribution in [2.45, 2.75) is 0 Å². The van der Waals surface area contributed by atoms with Gasteiger partial charge in [0, 0.05) is 5.59 Å². The van der Waals surface area contributed by atoms with Gasteiger partial charge in [-0.1, -0.05) is 8.87 Å². The quantitative estimate of drug-likeness (QED) is 0.437. The molecular formula is C2H3NO2P2. The van der Waals surface area contributed by atoms with E-state index in [9.17, 15) is 4.79 Å². The van der Waals surface area contributed by atoms with Crippen LogP contribution in [0.4, 0.5) is 4.79 Å². The number of rotatable bonds is 1. The second kappa shape index (κ2) is 3.95. The van der Waals surface area contributed by atoms with Crippen molar-refractivity contribution in [1.82, 2.24) is 0 Å². The summed E-state index contributed by atoms with van der Waals surface area (Å²) in [6.45, 7) is 0. The second-order valence-electron chi connectivity index (χ2n) is 0.606. The van der Waals surface area contributed by atoms with Crippen LogP contribution in [0, 0.1) is 0 Å². The van der Waals surface area contributed by atoms with E-state index in [4.69, 9.17) is 6.39 Å². The Morgan fingerprint density at radius 2 is 3.00 bits per heavy atom. The van der Waals surface area contributed by atoms with E-state index >= 15 is 0 Å². The lowest BCUT2D eigenvalue weighted by atomic mass is 11.2. The third kappa shape index (κ3) is 5.78. The molecule has 1 atom stereocenters. The van der Waals surface area contributed by atoms with Gasteiger partial charge < -0.3 is 5.11 Å². The normalized spacial score (nSPS) is 11.1. The summed E-state index contributed by atoms with van der Waals surface area (Å²) < 4.78 is 6.55. The van der Waals surface area contributed by atoms with Crippen molar-refractivity contribution >= 4 is 28.4 Å². The third-order valence-corrected chi connectivity index (χ3v) is 0.696. The summed E-state index contributed by atoms with van der Waals surface area (Å²) in [7, 11) is 0.430. The molecule has 1 amide bonds. The third-order valence-electron chi connectivity index (χ3n) is 0.196. The average molecular weight is 137 g/mol. The molecule has 0 aliphatic carbocycles. The van der Waals surface area contributed by atoms with Gasteiger partial charge in [-0.3, -0.25) is 0 Å². The molecule has 1 N–H and O–H groups in total. The van der Waals surface area contributed by atoms with Crippen LogP contribution >= 0.6 is 16.8 Å². The van der Waals surface area contributed by atoms with E-state index in [1.54, 1.807) is 0 Å². The minimum atomic E-state index is -1.25. The molecule has 0 saturated carbocycles. The summed E-state index contributed by atoms with van der Waals surface area (Å²) in [4.78, 5) is 12.4. The Labute approximate surface area is 45.6 Å². The zero-order chi connectivity index (χ0) is 6.41. The molecule has 0 aliphatic rings. The minimum Gasteiger partial charge on any atom is -0.463 e. The van der Waals surface area contributed by atoms with Crippen molar-refractivity contribution in [3.63, 3.8) is 0 Å². The molecule has 0 aromatic heterocycles. The van der Waals surface area contributed by atoms with Crippen LogP contribution in [-0.2, 0) is 0 Å². The molecule has 0 bridgehead atoms. The molecule has 0 fully saturated rings. The van der Waals surface area contributed by atoms with Gasteiger partial charge >= 0.3 is 6.09 Å². The Balaban J connectivity index is 3.64. The van der Waals surface area contributed by atoms with Crippen LogP contribution in [0.15, 0.2) is 4.99 Å². The molecule has 0 spiro atoms. The highest BCUT2D eigenvalue weighted by Gasteiger charge is 1.79. The van der Waals surface area contributed by atoms with Gasteiger partial charge in [0.15, 0.2) is 0 Å². The van der Waals surface area contributed by atoms with Gasteiger partial charge in [0.1, 0.15) is 0 Å². The Morgan fingerprint density at radius 3 is 3.43 bits per heavy atom. The number of amides is 1. The number of aliphatic imine (C=N–C) groups is 1. The summed E-state index contributed by atoms with van der Waals surface area (Å²) in [6.07, 6.45) is -1.25. The predicted octanol–water partition coefficient (Wildman–Crippen LogP) is 1.31. The highest BCUT2D eigenvalue weighted by Crippen LogP contribution is 2.01. The zero-order valence-corrected chi connectivity index (χ0v) is 5.14. The molecule has 0 radical (unpaired) electrons. The maximum atomic E-state index is 9.58. The minimum absolute atomic E-state index is 0.0887. The van der Waals surface area contributed by atoms with Crippen molar-refractivity contribution in [2.24, 2.45) is 4.99 Å². The Bertz CT molecular complexity index is 141. The lowest BCUT2D eigenvalue weighted by molar-refractivity contribution is 0.206. The summed E-state index contributed by atoms with van der Waals surface area (Å²) in [6, 6.07) is 0. The Morgan fingerprint density at radius 1 is 2.29 bits per heavy atom. The molecule has 7 heavy (non-hydrogen) atoms. The van der Waals surface area contributed by atoms with Gasteiger partial charge in [-0.2, -0.15) is 0 Å². The van der Waals surface area contributed by atoms with Crippen LogP contribution in [0.2, 0.25) is 0 Å². The van der Waals surface area contributed by atoms with Crippen LogP contribution < -0.4 is 0 Å². The molecule has 0 aliphatic heterocycles. The number of carboxylic acid groups (broad SMARTS) is 1. The summed E-state index contributed by atoms with van der Waals surface area (Å²) >= 11 is 0. The fourth-order valence-electron chi connectivity index (χ4n) is 0.0678. The summed E-state index contributed by atoms with van der Waals surface area (Å²) in [5.74, 6) is 0.